The monoisotopic (exact) mass is 566 g/mol. The number of hydrogen-bond donors (Lipinski definition) is 1. The number of benzene rings is 1. The van der Waals surface area contributed by atoms with Gasteiger partial charge >= 0.3 is 0 Å². The van der Waals surface area contributed by atoms with Gasteiger partial charge in [-0.3, -0.25) is 9.59 Å². The van der Waals surface area contributed by atoms with Crippen molar-refractivity contribution in [2.45, 2.75) is 57.4 Å². The summed E-state index contributed by atoms with van der Waals surface area (Å²) in [5.74, 6) is 0.136. The largest absolute Gasteiger partial charge is 0.341 e. The van der Waals surface area contributed by atoms with Crippen LogP contribution in [-0.2, 0) is 21.4 Å². The van der Waals surface area contributed by atoms with Crippen molar-refractivity contribution >= 4 is 38.3 Å². The first-order chi connectivity index (χ1) is 19.1. The van der Waals surface area contributed by atoms with E-state index in [1.807, 2.05) is 18.2 Å². The van der Waals surface area contributed by atoms with Crippen molar-refractivity contribution < 1.29 is 19.4 Å². The van der Waals surface area contributed by atoms with Gasteiger partial charge in [-0.25, -0.2) is 13.1 Å². The van der Waals surface area contributed by atoms with Gasteiger partial charge in [-0.15, -0.1) is 0 Å². The number of carbonyl (C=O) groups excluding carboxylic acids is 2. The Morgan fingerprint density at radius 1 is 1.10 bits per heavy atom. The fourth-order valence-corrected chi connectivity index (χ4v) is 7.83. The lowest BCUT2D eigenvalue weighted by atomic mass is 9.81. The minimum absolute atomic E-state index is 0. The van der Waals surface area contributed by atoms with Crippen LogP contribution in [0.15, 0.2) is 36.9 Å². The number of aromatic nitrogens is 1. The summed E-state index contributed by atoms with van der Waals surface area (Å²) in [7, 11) is -1.59. The van der Waals surface area contributed by atoms with Gasteiger partial charge in [0.1, 0.15) is 0 Å². The van der Waals surface area contributed by atoms with E-state index in [1.165, 1.54) is 24.8 Å². The maximum atomic E-state index is 14.2. The molecule has 216 valence electrons. The van der Waals surface area contributed by atoms with E-state index < -0.39 is 21.3 Å². The van der Waals surface area contributed by atoms with Crippen LogP contribution in [0.25, 0.3) is 16.5 Å². The third-order valence-electron chi connectivity index (χ3n) is 9.54. The number of rotatable bonds is 5. The summed E-state index contributed by atoms with van der Waals surface area (Å²) in [6.45, 7) is 8.12. The lowest BCUT2D eigenvalue weighted by Crippen LogP contribution is -2.41. The molecular weight excluding hydrogens is 524 g/mol. The molecule has 2 unspecified atom stereocenters. The fourth-order valence-electron chi connectivity index (χ4n) is 7.38. The van der Waals surface area contributed by atoms with E-state index in [1.54, 1.807) is 6.07 Å². The molecule has 9 heteroatoms. The summed E-state index contributed by atoms with van der Waals surface area (Å²) in [6.07, 6.45) is 12.8. The second-order valence-corrected chi connectivity index (χ2v) is 14.1. The summed E-state index contributed by atoms with van der Waals surface area (Å²) in [6, 6.07) is 5.51. The van der Waals surface area contributed by atoms with E-state index in [-0.39, 0.29) is 13.3 Å². The first kappa shape index (κ1) is 27.3. The first-order valence-electron chi connectivity index (χ1n) is 14.6. The SMILES string of the molecule is C=CC1=CC2CC2(C(=O)N2CCCN(C)CC2)Cn2c1c(C1CCCCC1)c1ccc(C(=O)NS(C)(=O)=O)cc12.[HH]. The molecule has 0 bridgehead atoms. The highest BCUT2D eigenvalue weighted by Crippen LogP contribution is 2.60. The highest BCUT2D eigenvalue weighted by Gasteiger charge is 2.61. The zero-order chi connectivity index (χ0) is 28.2. The van der Waals surface area contributed by atoms with Crippen molar-refractivity contribution in [3.63, 3.8) is 0 Å². The van der Waals surface area contributed by atoms with Gasteiger partial charge in [-0.05, 0) is 74.4 Å². The molecule has 4 aliphatic rings. The average molecular weight is 567 g/mol. The molecule has 2 atom stereocenters. The number of nitrogens with one attached hydrogen (secondary N) is 1. The zero-order valence-electron chi connectivity index (χ0n) is 23.6. The molecule has 3 fully saturated rings. The number of sulfonamides is 1. The number of carbonyl (C=O) groups is 2. The average Bonchev–Trinajstić information content (AvgIpc) is 3.61. The number of hydrogen-bond acceptors (Lipinski definition) is 5. The van der Waals surface area contributed by atoms with Crippen LogP contribution in [0.4, 0.5) is 0 Å². The molecule has 3 heterocycles. The summed E-state index contributed by atoms with van der Waals surface area (Å²) in [4.78, 5) is 31.5. The third kappa shape index (κ3) is 4.81. The lowest BCUT2D eigenvalue weighted by Gasteiger charge is -2.27. The van der Waals surface area contributed by atoms with Gasteiger partial charge in [0.25, 0.3) is 5.91 Å². The Balaban J connectivity index is 0.00000337. The van der Waals surface area contributed by atoms with Gasteiger partial charge in [0.15, 0.2) is 0 Å². The van der Waals surface area contributed by atoms with Gasteiger partial charge < -0.3 is 14.4 Å². The van der Waals surface area contributed by atoms with Crippen LogP contribution in [0.3, 0.4) is 0 Å². The smallest absolute Gasteiger partial charge is 0.264 e. The first-order valence-corrected chi connectivity index (χ1v) is 16.5. The number of allylic oxidation sites excluding steroid dienone is 3. The molecule has 1 aromatic carbocycles. The van der Waals surface area contributed by atoms with E-state index in [2.05, 4.69) is 38.8 Å². The number of fused-ring (bicyclic) bond motifs is 4. The van der Waals surface area contributed by atoms with E-state index in [4.69, 9.17) is 0 Å². The minimum Gasteiger partial charge on any atom is -0.341 e. The Kier molecular flexibility index (Phi) is 6.94. The molecule has 2 aliphatic carbocycles. The molecule has 2 aromatic rings. The molecule has 1 aromatic heterocycles. The van der Waals surface area contributed by atoms with Crippen LogP contribution in [0.5, 0.6) is 0 Å². The van der Waals surface area contributed by atoms with E-state index >= 15 is 0 Å². The summed E-state index contributed by atoms with van der Waals surface area (Å²) < 4.78 is 28.0. The molecule has 1 N–H and O–H groups in total. The van der Waals surface area contributed by atoms with Crippen molar-refractivity contribution in [1.29, 1.82) is 0 Å². The lowest BCUT2D eigenvalue weighted by molar-refractivity contribution is -0.137. The van der Waals surface area contributed by atoms with E-state index in [9.17, 15) is 18.0 Å². The molecule has 2 amide bonds. The fraction of sp³-hybridized carbons (Fsp3) is 0.548. The van der Waals surface area contributed by atoms with Gasteiger partial charge in [-0.2, -0.15) is 0 Å². The van der Waals surface area contributed by atoms with Crippen molar-refractivity contribution in [3.8, 4) is 0 Å². The van der Waals surface area contributed by atoms with Crippen LogP contribution in [-0.4, -0.2) is 74.1 Å². The van der Waals surface area contributed by atoms with Crippen molar-refractivity contribution in [2.75, 3.05) is 39.5 Å². The molecule has 2 saturated carbocycles. The number of likely N-dealkylation sites (N-methyl/N-ethyl adjacent to an activating group) is 1. The Labute approximate surface area is 238 Å². The van der Waals surface area contributed by atoms with Gasteiger partial charge in [0.05, 0.1) is 17.4 Å². The maximum Gasteiger partial charge on any atom is 0.264 e. The van der Waals surface area contributed by atoms with Crippen LogP contribution in [0, 0.1) is 11.3 Å². The van der Waals surface area contributed by atoms with Crippen LogP contribution in [0.1, 0.15) is 73.9 Å². The van der Waals surface area contributed by atoms with Gasteiger partial charge in [-0.1, -0.05) is 44.1 Å². The van der Waals surface area contributed by atoms with Crippen molar-refractivity contribution in [2.24, 2.45) is 11.3 Å². The summed E-state index contributed by atoms with van der Waals surface area (Å²) in [5.41, 5.74) is 4.14. The van der Waals surface area contributed by atoms with Crippen molar-refractivity contribution in [1.82, 2.24) is 19.1 Å². The van der Waals surface area contributed by atoms with Gasteiger partial charge in [0, 0.05) is 44.1 Å². The molecule has 8 nitrogen and oxygen atoms in total. The molecule has 0 radical (unpaired) electrons. The predicted molar refractivity (Wildman–Crippen MR) is 160 cm³/mol. The number of amides is 2. The standard InChI is InChI=1S/C31H40N4O4S.H2/c1-4-21-17-24-19-31(24,30(37)34-14-8-13-33(2)15-16-34)20-35-26-18-23(29(36)32-40(3,38)39)11-12-25(26)27(28(21)35)22-9-6-5-7-10-22;/h4,11-12,17-18,22,24H,1,5-10,13-16,19-20H2,2-3H3,(H,32,36);1H. The second-order valence-electron chi connectivity index (χ2n) is 12.4. The molecule has 6 rings (SSSR count). The minimum atomic E-state index is -3.70. The maximum absolute atomic E-state index is 14.2. The van der Waals surface area contributed by atoms with Crippen LogP contribution >= 0.6 is 0 Å². The topological polar surface area (TPSA) is 91.7 Å². The van der Waals surface area contributed by atoms with Crippen LogP contribution < -0.4 is 4.72 Å². The van der Waals surface area contributed by atoms with Crippen LogP contribution in [0.2, 0.25) is 0 Å². The zero-order valence-corrected chi connectivity index (χ0v) is 24.4. The third-order valence-corrected chi connectivity index (χ3v) is 10.1. The highest BCUT2D eigenvalue weighted by atomic mass is 32.2. The molecular formula is C31H42N4O4S. The van der Waals surface area contributed by atoms with E-state index in [0.717, 1.165) is 80.3 Å². The Hall–Kier alpha value is -2.91. The normalized spacial score (nSPS) is 25.8. The molecule has 40 heavy (non-hydrogen) atoms. The Bertz CT molecular complexity index is 1520. The highest BCUT2D eigenvalue weighted by molar-refractivity contribution is 7.89. The second kappa shape index (κ2) is 10.2. The van der Waals surface area contributed by atoms with Crippen molar-refractivity contribution in [3.05, 3.63) is 53.8 Å². The van der Waals surface area contributed by atoms with E-state index in [0.29, 0.717) is 18.0 Å². The summed E-state index contributed by atoms with van der Waals surface area (Å²) in [5, 5.41) is 1.09. The molecule has 0 spiro atoms. The van der Waals surface area contributed by atoms with Gasteiger partial charge in [0.2, 0.25) is 15.9 Å². The molecule has 1 saturated heterocycles. The Morgan fingerprint density at radius 2 is 1.88 bits per heavy atom. The quantitative estimate of drug-likeness (QED) is 0.580. The predicted octanol–water partition coefficient (Wildman–Crippen LogP) is 4.38. The number of nitrogens with zero attached hydrogens (tertiary/aromatic N) is 3. The Morgan fingerprint density at radius 3 is 2.60 bits per heavy atom. The molecule has 2 aliphatic heterocycles. The summed E-state index contributed by atoms with van der Waals surface area (Å²) >= 11 is 0.